The van der Waals surface area contributed by atoms with Crippen LogP contribution in [0.25, 0.3) is 0 Å². The molecule has 0 N–H and O–H groups in total. The Kier molecular flexibility index (Phi) is 12.1. The Bertz CT molecular complexity index is 338. The lowest BCUT2D eigenvalue weighted by molar-refractivity contribution is -0.147. The fraction of sp³-hybridized carbons (Fsp3) is 0.947. The minimum absolute atomic E-state index is 0.0553. The third-order valence-electron chi connectivity index (χ3n) is 3.61. The van der Waals surface area contributed by atoms with Gasteiger partial charge in [0.05, 0.1) is 12.7 Å². The maximum absolute atomic E-state index is 11.7. The number of nitrogens with zero attached hydrogens (tertiary/aromatic N) is 2. The molecule has 0 saturated carbocycles. The van der Waals surface area contributed by atoms with Crippen molar-refractivity contribution in [3.8, 4) is 0 Å². The fourth-order valence-corrected chi connectivity index (χ4v) is 5.30. The topological polar surface area (TPSA) is 42.0 Å². The normalized spacial score (nSPS) is 12.9. The van der Waals surface area contributed by atoms with Crippen molar-refractivity contribution in [2.45, 2.75) is 112 Å². The summed E-state index contributed by atoms with van der Waals surface area (Å²) in [7, 11) is -0.878. The SMILES string of the molecule is CC(C)OC(=O)CCCOP(N(C(C)C)C(C)C)N(C(C)C)C(C)C. The van der Waals surface area contributed by atoms with E-state index in [2.05, 4.69) is 64.7 Å². The Labute approximate surface area is 157 Å². The molecule has 0 unspecified atom stereocenters. The molecule has 0 rings (SSSR count). The summed E-state index contributed by atoms with van der Waals surface area (Å²) < 4.78 is 16.5. The van der Waals surface area contributed by atoms with Crippen molar-refractivity contribution in [1.82, 2.24) is 9.34 Å². The summed E-state index contributed by atoms with van der Waals surface area (Å²) in [6.07, 6.45) is 1.05. The maximum atomic E-state index is 11.7. The first kappa shape index (κ1) is 24.8. The van der Waals surface area contributed by atoms with Crippen LogP contribution in [0.4, 0.5) is 0 Å². The molecule has 0 atom stereocenters. The van der Waals surface area contributed by atoms with Gasteiger partial charge >= 0.3 is 5.97 Å². The Morgan fingerprint density at radius 1 is 0.800 bits per heavy atom. The van der Waals surface area contributed by atoms with Crippen molar-refractivity contribution >= 4 is 14.4 Å². The fourth-order valence-electron chi connectivity index (χ4n) is 2.92. The van der Waals surface area contributed by atoms with E-state index >= 15 is 0 Å². The zero-order valence-electron chi connectivity index (χ0n) is 18.1. The summed E-state index contributed by atoms with van der Waals surface area (Å²) in [6, 6.07) is 1.60. The van der Waals surface area contributed by atoms with Crippen LogP contribution < -0.4 is 0 Å². The summed E-state index contributed by atoms with van der Waals surface area (Å²) in [4.78, 5) is 11.7. The molecule has 0 radical (unpaired) electrons. The minimum Gasteiger partial charge on any atom is -0.463 e. The predicted molar refractivity (Wildman–Crippen MR) is 108 cm³/mol. The molecule has 0 spiro atoms. The zero-order valence-corrected chi connectivity index (χ0v) is 19.0. The van der Waals surface area contributed by atoms with Gasteiger partial charge in [-0.05, 0) is 75.7 Å². The molecule has 0 amide bonds. The first-order valence-electron chi connectivity index (χ1n) is 9.68. The molecule has 0 heterocycles. The predicted octanol–water partition coefficient (Wildman–Crippen LogP) is 5.20. The second-order valence-corrected chi connectivity index (χ2v) is 9.55. The van der Waals surface area contributed by atoms with Gasteiger partial charge in [0.1, 0.15) is 0 Å². The van der Waals surface area contributed by atoms with Crippen LogP contribution in [0.15, 0.2) is 0 Å². The second-order valence-electron chi connectivity index (χ2n) is 7.86. The van der Waals surface area contributed by atoms with Gasteiger partial charge in [0.2, 0.25) is 0 Å². The van der Waals surface area contributed by atoms with Gasteiger partial charge in [0.15, 0.2) is 8.45 Å². The van der Waals surface area contributed by atoms with Crippen molar-refractivity contribution in [2.75, 3.05) is 6.61 Å². The van der Waals surface area contributed by atoms with E-state index in [1.807, 2.05) is 13.8 Å². The van der Waals surface area contributed by atoms with Gasteiger partial charge in [0.25, 0.3) is 0 Å². The first-order valence-corrected chi connectivity index (χ1v) is 10.8. The highest BCUT2D eigenvalue weighted by molar-refractivity contribution is 7.47. The summed E-state index contributed by atoms with van der Waals surface area (Å²) in [5, 5.41) is 0. The molecule has 5 nitrogen and oxygen atoms in total. The average Bonchev–Trinajstić information content (AvgIpc) is 2.40. The minimum atomic E-state index is -0.878. The van der Waals surface area contributed by atoms with Crippen LogP contribution in [0.1, 0.15) is 82.1 Å². The largest absolute Gasteiger partial charge is 0.463 e. The summed E-state index contributed by atoms with van der Waals surface area (Å²) in [5.41, 5.74) is 0. The van der Waals surface area contributed by atoms with E-state index in [1.54, 1.807) is 0 Å². The first-order chi connectivity index (χ1) is 11.5. The molecule has 25 heavy (non-hydrogen) atoms. The molecular weight excluding hydrogens is 335 g/mol. The van der Waals surface area contributed by atoms with E-state index in [0.29, 0.717) is 43.6 Å². The number of rotatable bonds is 12. The quantitative estimate of drug-likeness (QED) is 0.266. The van der Waals surface area contributed by atoms with Gasteiger partial charge in [-0.25, -0.2) is 9.34 Å². The molecule has 0 aliphatic carbocycles. The van der Waals surface area contributed by atoms with Gasteiger partial charge in [-0.3, -0.25) is 4.79 Å². The van der Waals surface area contributed by atoms with Gasteiger partial charge in [-0.15, -0.1) is 0 Å². The summed E-state index contributed by atoms with van der Waals surface area (Å²) >= 11 is 0. The lowest BCUT2D eigenvalue weighted by Crippen LogP contribution is -2.43. The molecule has 0 aromatic rings. The monoisotopic (exact) mass is 376 g/mol. The molecule has 150 valence electrons. The highest BCUT2D eigenvalue weighted by Gasteiger charge is 2.34. The van der Waals surface area contributed by atoms with E-state index in [1.165, 1.54) is 0 Å². The molecule has 6 heteroatoms. The van der Waals surface area contributed by atoms with E-state index in [-0.39, 0.29) is 12.1 Å². The lowest BCUT2D eigenvalue weighted by atomic mass is 10.3. The van der Waals surface area contributed by atoms with E-state index in [0.717, 1.165) is 0 Å². The van der Waals surface area contributed by atoms with E-state index in [9.17, 15) is 4.79 Å². The van der Waals surface area contributed by atoms with Crippen molar-refractivity contribution in [2.24, 2.45) is 0 Å². The number of carbonyl (C=O) groups excluding carboxylic acids is 1. The van der Waals surface area contributed by atoms with Crippen LogP contribution in [-0.2, 0) is 14.1 Å². The van der Waals surface area contributed by atoms with E-state index < -0.39 is 8.45 Å². The summed E-state index contributed by atoms with van der Waals surface area (Å²) in [5.74, 6) is -0.142. The number of carbonyl (C=O) groups is 1. The third-order valence-corrected chi connectivity index (χ3v) is 6.66. The molecule has 0 aliphatic rings. The Balaban J connectivity index is 4.99. The molecule has 0 aromatic heterocycles. The molecule has 0 bridgehead atoms. The van der Waals surface area contributed by atoms with Gasteiger partial charge < -0.3 is 9.26 Å². The highest BCUT2D eigenvalue weighted by atomic mass is 31.2. The smallest absolute Gasteiger partial charge is 0.306 e. The molecule has 0 aromatic carbocycles. The van der Waals surface area contributed by atoms with Crippen molar-refractivity contribution in [3.63, 3.8) is 0 Å². The molecule has 0 aliphatic heterocycles. The third kappa shape index (κ3) is 9.33. The average molecular weight is 377 g/mol. The Morgan fingerprint density at radius 3 is 1.52 bits per heavy atom. The van der Waals surface area contributed by atoms with Crippen LogP contribution in [0, 0.1) is 0 Å². The number of esters is 1. The highest BCUT2D eigenvalue weighted by Crippen LogP contribution is 2.50. The number of hydrogen-bond acceptors (Lipinski definition) is 5. The van der Waals surface area contributed by atoms with Gasteiger partial charge in [0, 0.05) is 30.6 Å². The number of ether oxygens (including phenoxy) is 1. The molecule has 0 saturated heterocycles. The zero-order chi connectivity index (χ0) is 19.7. The van der Waals surface area contributed by atoms with Crippen molar-refractivity contribution < 1.29 is 14.1 Å². The van der Waals surface area contributed by atoms with Crippen LogP contribution in [-0.4, -0.2) is 52.2 Å². The second kappa shape index (κ2) is 12.2. The van der Waals surface area contributed by atoms with E-state index in [4.69, 9.17) is 9.26 Å². The Morgan fingerprint density at radius 2 is 1.20 bits per heavy atom. The molecule has 0 fully saturated rings. The van der Waals surface area contributed by atoms with Crippen LogP contribution in [0.5, 0.6) is 0 Å². The van der Waals surface area contributed by atoms with Crippen LogP contribution in [0.3, 0.4) is 0 Å². The number of hydrogen-bond donors (Lipinski definition) is 0. The molecular formula is C19H41N2O3P. The lowest BCUT2D eigenvalue weighted by Gasteiger charge is -2.45. The van der Waals surface area contributed by atoms with Crippen molar-refractivity contribution in [3.05, 3.63) is 0 Å². The maximum Gasteiger partial charge on any atom is 0.306 e. The van der Waals surface area contributed by atoms with Crippen LogP contribution >= 0.6 is 8.45 Å². The van der Waals surface area contributed by atoms with Gasteiger partial charge in [-0.1, -0.05) is 0 Å². The van der Waals surface area contributed by atoms with Crippen LogP contribution in [0.2, 0.25) is 0 Å². The van der Waals surface area contributed by atoms with Crippen molar-refractivity contribution in [1.29, 1.82) is 0 Å². The summed E-state index contributed by atoms with van der Waals surface area (Å²) in [6.45, 7) is 22.1. The van der Waals surface area contributed by atoms with Gasteiger partial charge in [-0.2, -0.15) is 0 Å². The Hall–Kier alpha value is -0.220. The standard InChI is InChI=1S/C19H41N2O3P/c1-14(2)20(15(3)4)25(21(16(5)6)17(7)8)23-13-11-12-19(22)24-18(9)10/h14-18H,11-13H2,1-10H3.